The van der Waals surface area contributed by atoms with Crippen LogP contribution in [0.15, 0.2) is 24.3 Å². The third kappa shape index (κ3) is 3.65. The van der Waals surface area contributed by atoms with E-state index in [-0.39, 0.29) is 11.8 Å². The lowest BCUT2D eigenvalue weighted by molar-refractivity contribution is -0.118. The Morgan fingerprint density at radius 3 is 2.77 bits per heavy atom. The molecule has 0 radical (unpaired) electrons. The van der Waals surface area contributed by atoms with Crippen molar-refractivity contribution in [1.82, 2.24) is 9.78 Å². The van der Waals surface area contributed by atoms with Crippen LogP contribution < -0.4 is 10.2 Å². The Labute approximate surface area is 186 Å². The van der Waals surface area contributed by atoms with E-state index in [9.17, 15) is 9.59 Å². The summed E-state index contributed by atoms with van der Waals surface area (Å²) in [7, 11) is 0. The maximum atomic E-state index is 13.0. The number of amides is 2. The molecule has 0 unspecified atom stereocenters. The van der Waals surface area contributed by atoms with Crippen LogP contribution in [0.2, 0.25) is 0 Å². The standard InChI is InChI=1S/C24H28N4O2S/c1-3-22(29)27-12-11-16-13-17(9-10-20(16)27)25-23(30)21-14-19-15(2)26-28(24(19)31-21)18-7-5-4-6-8-18/h9-10,13-14,18H,3-8,11-12H2,1-2H3,(H,25,30). The number of carbonyl (C=O) groups excluding carboxylic acids is 2. The smallest absolute Gasteiger partial charge is 0.265 e. The summed E-state index contributed by atoms with van der Waals surface area (Å²) in [5.41, 5.74) is 3.85. The fourth-order valence-electron chi connectivity index (χ4n) is 4.88. The summed E-state index contributed by atoms with van der Waals surface area (Å²) in [6.07, 6.45) is 7.48. The van der Waals surface area contributed by atoms with Crippen molar-refractivity contribution >= 4 is 44.7 Å². The second-order valence-electron chi connectivity index (χ2n) is 8.60. The van der Waals surface area contributed by atoms with Crippen LogP contribution in [0.5, 0.6) is 0 Å². The van der Waals surface area contributed by atoms with Gasteiger partial charge >= 0.3 is 0 Å². The van der Waals surface area contributed by atoms with Gasteiger partial charge in [0.25, 0.3) is 5.91 Å². The largest absolute Gasteiger partial charge is 0.321 e. The molecular formula is C24H28N4O2S. The molecule has 0 atom stereocenters. The van der Waals surface area contributed by atoms with Gasteiger partial charge in [-0.15, -0.1) is 11.3 Å². The van der Waals surface area contributed by atoms with Gasteiger partial charge in [0.1, 0.15) is 4.83 Å². The number of anilines is 2. The van der Waals surface area contributed by atoms with Crippen LogP contribution in [0.25, 0.3) is 10.2 Å². The summed E-state index contributed by atoms with van der Waals surface area (Å²) in [4.78, 5) is 28.8. The Bertz CT molecular complexity index is 1160. The zero-order valence-corrected chi connectivity index (χ0v) is 18.9. The van der Waals surface area contributed by atoms with Crippen molar-refractivity contribution in [3.05, 3.63) is 40.4 Å². The summed E-state index contributed by atoms with van der Waals surface area (Å²) in [6.45, 7) is 4.63. The molecule has 5 rings (SSSR count). The predicted octanol–water partition coefficient (Wildman–Crippen LogP) is 5.46. The second kappa shape index (κ2) is 8.11. The molecule has 3 aromatic rings. The number of nitrogens with zero attached hydrogens (tertiary/aromatic N) is 3. The molecule has 162 valence electrons. The van der Waals surface area contributed by atoms with E-state index < -0.39 is 0 Å². The number of fused-ring (bicyclic) bond motifs is 2. The molecule has 1 fully saturated rings. The molecule has 2 amide bonds. The summed E-state index contributed by atoms with van der Waals surface area (Å²) in [6, 6.07) is 8.26. The Morgan fingerprint density at radius 1 is 1.19 bits per heavy atom. The van der Waals surface area contributed by atoms with E-state index in [2.05, 4.69) is 10.00 Å². The van der Waals surface area contributed by atoms with E-state index in [1.807, 2.05) is 43.0 Å². The number of rotatable bonds is 4. The zero-order chi connectivity index (χ0) is 21.5. The van der Waals surface area contributed by atoms with Crippen molar-refractivity contribution in [2.45, 2.75) is 64.8 Å². The molecule has 1 aromatic carbocycles. The molecule has 1 aliphatic carbocycles. The van der Waals surface area contributed by atoms with Gasteiger partial charge in [-0.25, -0.2) is 0 Å². The fourth-order valence-corrected chi connectivity index (χ4v) is 6.01. The molecule has 6 nitrogen and oxygen atoms in total. The van der Waals surface area contributed by atoms with Gasteiger partial charge in [-0.1, -0.05) is 26.2 Å². The zero-order valence-electron chi connectivity index (χ0n) is 18.1. The Hall–Kier alpha value is -2.67. The van der Waals surface area contributed by atoms with E-state index in [4.69, 9.17) is 5.10 Å². The SMILES string of the molecule is CCC(=O)N1CCc2cc(NC(=O)c3cc4c(C)nn(C5CCCCC5)c4s3)ccc21. The Kier molecular flexibility index (Phi) is 5.30. The monoisotopic (exact) mass is 436 g/mol. The molecule has 0 spiro atoms. The molecule has 1 aliphatic heterocycles. The van der Waals surface area contributed by atoms with Crippen LogP contribution in [0.3, 0.4) is 0 Å². The highest BCUT2D eigenvalue weighted by molar-refractivity contribution is 7.20. The molecule has 2 aliphatic rings. The van der Waals surface area contributed by atoms with Crippen molar-refractivity contribution in [2.75, 3.05) is 16.8 Å². The predicted molar refractivity (Wildman–Crippen MR) is 125 cm³/mol. The van der Waals surface area contributed by atoms with Crippen molar-refractivity contribution in [3.8, 4) is 0 Å². The number of aryl methyl sites for hydroxylation is 1. The second-order valence-corrected chi connectivity index (χ2v) is 9.63. The van der Waals surface area contributed by atoms with E-state index in [0.717, 1.165) is 39.3 Å². The quantitative estimate of drug-likeness (QED) is 0.590. The van der Waals surface area contributed by atoms with Gasteiger partial charge < -0.3 is 10.2 Å². The van der Waals surface area contributed by atoms with Crippen molar-refractivity contribution in [1.29, 1.82) is 0 Å². The molecular weight excluding hydrogens is 408 g/mol. The lowest BCUT2D eigenvalue weighted by Crippen LogP contribution is -2.27. The normalized spacial score (nSPS) is 16.6. The molecule has 3 heterocycles. The van der Waals surface area contributed by atoms with Gasteiger partial charge in [0.15, 0.2) is 0 Å². The van der Waals surface area contributed by atoms with Crippen molar-refractivity contribution in [2.24, 2.45) is 0 Å². The number of thiophene rings is 1. The minimum absolute atomic E-state index is 0.0877. The van der Waals surface area contributed by atoms with Gasteiger partial charge in [-0.2, -0.15) is 5.10 Å². The van der Waals surface area contributed by atoms with E-state index >= 15 is 0 Å². The first-order chi connectivity index (χ1) is 15.0. The highest BCUT2D eigenvalue weighted by Crippen LogP contribution is 2.36. The van der Waals surface area contributed by atoms with E-state index in [0.29, 0.717) is 23.9 Å². The lowest BCUT2D eigenvalue weighted by atomic mass is 9.96. The first kappa shape index (κ1) is 20.2. The number of carbonyl (C=O) groups is 2. The summed E-state index contributed by atoms with van der Waals surface area (Å²) < 4.78 is 2.17. The van der Waals surface area contributed by atoms with E-state index in [1.165, 1.54) is 43.4 Å². The van der Waals surface area contributed by atoms with Crippen LogP contribution in [0, 0.1) is 6.92 Å². The minimum atomic E-state index is -0.0877. The molecule has 7 heteroatoms. The molecule has 1 N–H and O–H groups in total. The highest BCUT2D eigenvalue weighted by atomic mass is 32.1. The van der Waals surface area contributed by atoms with Crippen LogP contribution >= 0.6 is 11.3 Å². The fraction of sp³-hybridized carbons (Fsp3) is 0.458. The van der Waals surface area contributed by atoms with Gasteiger partial charge in [0.05, 0.1) is 16.6 Å². The molecule has 2 aromatic heterocycles. The van der Waals surface area contributed by atoms with Crippen LogP contribution in [-0.2, 0) is 11.2 Å². The molecule has 0 saturated heterocycles. The number of benzene rings is 1. The van der Waals surface area contributed by atoms with Crippen molar-refractivity contribution < 1.29 is 9.59 Å². The lowest BCUT2D eigenvalue weighted by Gasteiger charge is -2.22. The summed E-state index contributed by atoms with van der Waals surface area (Å²) in [5, 5.41) is 8.93. The number of hydrogen-bond acceptors (Lipinski definition) is 4. The number of aromatic nitrogens is 2. The van der Waals surface area contributed by atoms with Crippen molar-refractivity contribution in [3.63, 3.8) is 0 Å². The number of hydrogen-bond donors (Lipinski definition) is 1. The third-order valence-electron chi connectivity index (χ3n) is 6.55. The third-order valence-corrected chi connectivity index (χ3v) is 7.67. The van der Waals surface area contributed by atoms with E-state index in [1.54, 1.807) is 0 Å². The van der Waals surface area contributed by atoms with Gasteiger partial charge in [-0.05, 0) is 56.0 Å². The Balaban J connectivity index is 1.37. The highest BCUT2D eigenvalue weighted by Gasteiger charge is 2.25. The topological polar surface area (TPSA) is 67.2 Å². The van der Waals surface area contributed by atoms with Crippen LogP contribution in [0.1, 0.15) is 72.4 Å². The maximum Gasteiger partial charge on any atom is 0.265 e. The average Bonchev–Trinajstić information content (AvgIpc) is 3.48. The summed E-state index contributed by atoms with van der Waals surface area (Å²) in [5.74, 6) is 0.0541. The average molecular weight is 437 g/mol. The van der Waals surface area contributed by atoms with Gasteiger partial charge in [0, 0.05) is 29.7 Å². The maximum absolute atomic E-state index is 13.0. The molecule has 1 saturated carbocycles. The Morgan fingerprint density at radius 2 is 2.00 bits per heavy atom. The first-order valence-corrected chi connectivity index (χ1v) is 12.1. The minimum Gasteiger partial charge on any atom is -0.321 e. The molecule has 31 heavy (non-hydrogen) atoms. The number of nitrogens with one attached hydrogen (secondary N) is 1. The van der Waals surface area contributed by atoms with Gasteiger partial charge in [-0.3, -0.25) is 14.3 Å². The van der Waals surface area contributed by atoms with Crippen LogP contribution in [0.4, 0.5) is 11.4 Å². The van der Waals surface area contributed by atoms with Gasteiger partial charge in [0.2, 0.25) is 5.91 Å². The molecule has 0 bridgehead atoms. The van der Waals surface area contributed by atoms with Crippen LogP contribution in [-0.4, -0.2) is 28.1 Å². The summed E-state index contributed by atoms with van der Waals surface area (Å²) >= 11 is 1.53. The first-order valence-electron chi connectivity index (χ1n) is 11.3.